The molecule has 2 aromatic rings. The second-order valence-corrected chi connectivity index (χ2v) is 6.13. The second-order valence-electron chi connectivity index (χ2n) is 6.13. The average molecular weight is 394 g/mol. The van der Waals surface area contributed by atoms with E-state index in [-0.39, 0.29) is 23.9 Å². The van der Waals surface area contributed by atoms with E-state index < -0.39 is 0 Å². The van der Waals surface area contributed by atoms with Crippen molar-refractivity contribution in [2.45, 2.75) is 0 Å². The largest absolute Gasteiger partial charge is 0.463 e. The Hall–Kier alpha value is -3.88. The van der Waals surface area contributed by atoms with Gasteiger partial charge in [0.2, 0.25) is 0 Å². The van der Waals surface area contributed by atoms with Gasteiger partial charge in [0.1, 0.15) is 24.7 Å². The molecular weight excluding hydrogens is 376 g/mol. The number of amides is 2. The second kappa shape index (κ2) is 8.42. The molecule has 0 spiro atoms. The van der Waals surface area contributed by atoms with Crippen LogP contribution >= 0.6 is 0 Å². The Bertz CT molecular complexity index is 888. The lowest BCUT2D eigenvalue weighted by atomic mass is 10.2. The smallest absolute Gasteiger partial charge is 0.291 e. The lowest BCUT2D eigenvalue weighted by Crippen LogP contribution is -2.30. The summed E-state index contributed by atoms with van der Waals surface area (Å²) in [5, 5.41) is 5.20. The Morgan fingerprint density at radius 3 is 1.48 bits per heavy atom. The maximum atomic E-state index is 12.1. The number of carbonyl (C=O) groups is 2. The van der Waals surface area contributed by atoms with Crippen LogP contribution in [0.2, 0.25) is 0 Å². The number of carbonyl (C=O) groups excluding carboxylic acids is 2. The highest BCUT2D eigenvalue weighted by atomic mass is 16.5. The number of ether oxygens (including phenoxy) is 3. The zero-order valence-corrected chi connectivity index (χ0v) is 15.4. The summed E-state index contributed by atoms with van der Waals surface area (Å²) in [6.45, 7) is 2.05. The first-order valence-corrected chi connectivity index (χ1v) is 9.02. The van der Waals surface area contributed by atoms with Crippen molar-refractivity contribution in [1.29, 1.82) is 0 Å². The standard InChI is InChI=1S/C20H18N4O5/c25-17(23-19-21-9-11-27-19)13-1-5-15(6-2-13)29-16-7-3-14(4-8-16)18(26)24-20-22-10-12-28-20/h1-8H,9-12H2,(H,21,23,25)(H,22,24,26). The first-order chi connectivity index (χ1) is 14.2. The van der Waals surface area contributed by atoms with Crippen molar-refractivity contribution >= 4 is 23.9 Å². The molecule has 0 unspecified atom stereocenters. The molecule has 0 saturated heterocycles. The third-order valence-corrected chi connectivity index (χ3v) is 4.08. The molecule has 9 nitrogen and oxygen atoms in total. The molecule has 2 aliphatic rings. The van der Waals surface area contributed by atoms with Crippen LogP contribution in [0, 0.1) is 0 Å². The van der Waals surface area contributed by atoms with E-state index in [1.54, 1.807) is 48.5 Å². The molecule has 2 aromatic carbocycles. The van der Waals surface area contributed by atoms with E-state index in [4.69, 9.17) is 14.2 Å². The first-order valence-electron chi connectivity index (χ1n) is 9.02. The van der Waals surface area contributed by atoms with Gasteiger partial charge in [0.25, 0.3) is 23.9 Å². The van der Waals surface area contributed by atoms with Gasteiger partial charge >= 0.3 is 0 Å². The van der Waals surface area contributed by atoms with Crippen LogP contribution in [0.25, 0.3) is 0 Å². The maximum absolute atomic E-state index is 12.1. The minimum Gasteiger partial charge on any atom is -0.463 e. The predicted octanol–water partition coefficient (Wildman–Crippen LogP) is 1.71. The number of amidine groups is 2. The summed E-state index contributed by atoms with van der Waals surface area (Å²) in [5.74, 6) is 0.510. The van der Waals surface area contributed by atoms with Gasteiger partial charge in [-0.15, -0.1) is 0 Å². The fourth-order valence-electron chi connectivity index (χ4n) is 2.64. The molecular formula is C20H18N4O5. The van der Waals surface area contributed by atoms with Gasteiger partial charge in [-0.2, -0.15) is 0 Å². The van der Waals surface area contributed by atoms with Crippen molar-refractivity contribution in [2.24, 2.45) is 9.98 Å². The van der Waals surface area contributed by atoms with Crippen molar-refractivity contribution in [3.63, 3.8) is 0 Å². The Balaban J connectivity index is 1.34. The van der Waals surface area contributed by atoms with Crippen molar-refractivity contribution in [3.05, 3.63) is 59.7 Å². The topological polar surface area (TPSA) is 111 Å². The van der Waals surface area contributed by atoms with Gasteiger partial charge in [0.15, 0.2) is 0 Å². The van der Waals surface area contributed by atoms with Gasteiger partial charge in [0, 0.05) is 11.1 Å². The van der Waals surface area contributed by atoms with Crippen LogP contribution in [0.5, 0.6) is 11.5 Å². The van der Waals surface area contributed by atoms with Gasteiger partial charge in [-0.3, -0.25) is 20.2 Å². The Labute approximate surface area is 166 Å². The highest BCUT2D eigenvalue weighted by molar-refractivity contribution is 6.05. The summed E-state index contributed by atoms with van der Waals surface area (Å²) in [6, 6.07) is 13.8. The van der Waals surface area contributed by atoms with Gasteiger partial charge in [-0.25, -0.2) is 9.98 Å². The minimum absolute atomic E-state index is 0.242. The van der Waals surface area contributed by atoms with Crippen LogP contribution in [-0.2, 0) is 9.47 Å². The van der Waals surface area contributed by atoms with Crippen LogP contribution in [0.15, 0.2) is 58.5 Å². The number of rotatable bonds is 4. The number of hydrogen-bond acceptors (Lipinski definition) is 7. The maximum Gasteiger partial charge on any atom is 0.291 e. The first kappa shape index (κ1) is 18.5. The van der Waals surface area contributed by atoms with E-state index in [9.17, 15) is 9.59 Å². The van der Waals surface area contributed by atoms with Gasteiger partial charge < -0.3 is 14.2 Å². The molecule has 0 aliphatic carbocycles. The Morgan fingerprint density at radius 1 is 0.724 bits per heavy atom. The van der Waals surface area contributed by atoms with Crippen molar-refractivity contribution < 1.29 is 23.8 Å². The van der Waals surface area contributed by atoms with E-state index in [0.717, 1.165) is 0 Å². The fraction of sp³-hybridized carbons (Fsp3) is 0.200. The number of aliphatic imine (C=N–C) groups is 2. The van der Waals surface area contributed by atoms with E-state index in [1.165, 1.54) is 0 Å². The highest BCUT2D eigenvalue weighted by Crippen LogP contribution is 2.22. The molecule has 0 saturated carbocycles. The minimum atomic E-state index is -0.302. The number of nitrogens with zero attached hydrogens (tertiary/aromatic N) is 2. The third kappa shape index (κ3) is 4.70. The van der Waals surface area contributed by atoms with Crippen LogP contribution in [0.3, 0.4) is 0 Å². The normalized spacial score (nSPS) is 14.9. The Morgan fingerprint density at radius 2 is 1.14 bits per heavy atom. The van der Waals surface area contributed by atoms with Crippen LogP contribution in [0.1, 0.15) is 20.7 Å². The Kier molecular flexibility index (Phi) is 5.37. The molecule has 0 atom stereocenters. The molecule has 2 amide bonds. The summed E-state index contributed by atoms with van der Waals surface area (Å²) in [7, 11) is 0. The van der Waals surface area contributed by atoms with E-state index >= 15 is 0 Å². The van der Waals surface area contributed by atoms with Crippen LogP contribution in [0.4, 0.5) is 0 Å². The summed E-state index contributed by atoms with van der Waals surface area (Å²) >= 11 is 0. The molecule has 2 N–H and O–H groups in total. The predicted molar refractivity (Wildman–Crippen MR) is 104 cm³/mol. The summed E-state index contributed by atoms with van der Waals surface area (Å²) in [6.07, 6.45) is 0. The van der Waals surface area contributed by atoms with Gasteiger partial charge in [-0.05, 0) is 48.5 Å². The van der Waals surface area contributed by atoms with Crippen molar-refractivity contribution in [2.75, 3.05) is 26.3 Å². The zero-order chi connectivity index (χ0) is 20.1. The van der Waals surface area contributed by atoms with E-state index in [0.29, 0.717) is 48.9 Å². The molecule has 0 bridgehead atoms. The van der Waals surface area contributed by atoms with Gasteiger partial charge in [-0.1, -0.05) is 0 Å². The SMILES string of the molecule is O=C(NC1=NCCO1)c1ccc(Oc2ccc(C(=O)NC3=NCCO3)cc2)cc1. The van der Waals surface area contributed by atoms with E-state index in [1.807, 2.05) is 0 Å². The fourth-order valence-corrected chi connectivity index (χ4v) is 2.64. The van der Waals surface area contributed by atoms with Crippen molar-refractivity contribution in [1.82, 2.24) is 10.6 Å². The summed E-state index contributed by atoms with van der Waals surface area (Å²) < 4.78 is 16.1. The lowest BCUT2D eigenvalue weighted by Gasteiger charge is -2.09. The molecule has 0 aromatic heterocycles. The molecule has 2 heterocycles. The molecule has 4 rings (SSSR count). The zero-order valence-electron chi connectivity index (χ0n) is 15.4. The van der Waals surface area contributed by atoms with Crippen LogP contribution < -0.4 is 15.4 Å². The quantitative estimate of drug-likeness (QED) is 0.820. The summed E-state index contributed by atoms with van der Waals surface area (Å²) in [5.41, 5.74) is 0.916. The third-order valence-electron chi connectivity index (χ3n) is 4.08. The number of benzene rings is 2. The lowest BCUT2D eigenvalue weighted by molar-refractivity contribution is 0.0959. The molecule has 148 valence electrons. The molecule has 9 heteroatoms. The van der Waals surface area contributed by atoms with Crippen LogP contribution in [-0.4, -0.2) is 50.2 Å². The highest BCUT2D eigenvalue weighted by Gasteiger charge is 2.14. The molecule has 29 heavy (non-hydrogen) atoms. The summed E-state index contributed by atoms with van der Waals surface area (Å²) in [4.78, 5) is 32.3. The van der Waals surface area contributed by atoms with Gasteiger partial charge in [0.05, 0.1) is 13.1 Å². The molecule has 0 radical (unpaired) electrons. The average Bonchev–Trinajstić information content (AvgIpc) is 3.43. The molecule has 2 aliphatic heterocycles. The monoisotopic (exact) mass is 394 g/mol. The number of hydrogen-bond donors (Lipinski definition) is 2. The number of nitrogens with one attached hydrogen (secondary N) is 2. The molecule has 0 fully saturated rings. The van der Waals surface area contributed by atoms with E-state index in [2.05, 4.69) is 20.6 Å². The van der Waals surface area contributed by atoms with Crippen molar-refractivity contribution in [3.8, 4) is 11.5 Å².